The standard InChI is InChI=1S/C12H8F4N2O2/c1-18-9(2-3-17-18)6-4-7(12(14,15)16)10(11(19)20)8(13)5-6/h2-5H,1H3,(H,19,20). The summed E-state index contributed by atoms with van der Waals surface area (Å²) in [6.45, 7) is 0. The summed E-state index contributed by atoms with van der Waals surface area (Å²) in [5, 5.41) is 12.5. The molecule has 1 N–H and O–H groups in total. The van der Waals surface area contributed by atoms with Crippen LogP contribution in [0.1, 0.15) is 15.9 Å². The van der Waals surface area contributed by atoms with Crippen molar-refractivity contribution >= 4 is 5.97 Å². The quantitative estimate of drug-likeness (QED) is 0.864. The van der Waals surface area contributed by atoms with Gasteiger partial charge in [0.1, 0.15) is 11.4 Å². The predicted molar refractivity (Wildman–Crippen MR) is 60.6 cm³/mol. The number of carboxylic acids is 1. The summed E-state index contributed by atoms with van der Waals surface area (Å²) in [6, 6.07) is 2.74. The van der Waals surface area contributed by atoms with Crippen LogP contribution in [-0.2, 0) is 13.2 Å². The number of aryl methyl sites for hydroxylation is 1. The number of halogens is 4. The second-order valence-corrected chi connectivity index (χ2v) is 4.02. The van der Waals surface area contributed by atoms with Gasteiger partial charge in [-0.1, -0.05) is 0 Å². The first-order valence-electron chi connectivity index (χ1n) is 5.34. The molecule has 2 rings (SSSR count). The number of benzene rings is 1. The first kappa shape index (κ1) is 14.0. The van der Waals surface area contributed by atoms with Gasteiger partial charge in [-0.05, 0) is 18.2 Å². The minimum Gasteiger partial charge on any atom is -0.478 e. The van der Waals surface area contributed by atoms with Crippen molar-refractivity contribution in [3.8, 4) is 11.3 Å². The van der Waals surface area contributed by atoms with Gasteiger partial charge in [0.25, 0.3) is 0 Å². The molecule has 8 heteroatoms. The third-order valence-electron chi connectivity index (χ3n) is 2.73. The van der Waals surface area contributed by atoms with Gasteiger partial charge < -0.3 is 5.11 Å². The first-order chi connectivity index (χ1) is 9.21. The molecule has 0 unspecified atom stereocenters. The highest BCUT2D eigenvalue weighted by Crippen LogP contribution is 2.36. The highest BCUT2D eigenvalue weighted by molar-refractivity contribution is 5.91. The zero-order chi connectivity index (χ0) is 15.1. The van der Waals surface area contributed by atoms with E-state index in [4.69, 9.17) is 5.11 Å². The number of aromatic nitrogens is 2. The molecule has 0 atom stereocenters. The Morgan fingerprint density at radius 2 is 2.00 bits per heavy atom. The molecule has 0 bridgehead atoms. The average molecular weight is 288 g/mol. The van der Waals surface area contributed by atoms with Gasteiger partial charge in [0, 0.05) is 18.8 Å². The van der Waals surface area contributed by atoms with Gasteiger partial charge in [0.2, 0.25) is 0 Å². The van der Waals surface area contributed by atoms with E-state index < -0.39 is 29.1 Å². The fourth-order valence-electron chi connectivity index (χ4n) is 1.85. The lowest BCUT2D eigenvalue weighted by Crippen LogP contribution is -2.15. The van der Waals surface area contributed by atoms with Gasteiger partial charge in [-0.3, -0.25) is 4.68 Å². The molecule has 0 aliphatic carbocycles. The van der Waals surface area contributed by atoms with E-state index in [1.54, 1.807) is 0 Å². The van der Waals surface area contributed by atoms with Crippen LogP contribution in [0.5, 0.6) is 0 Å². The molecular weight excluding hydrogens is 280 g/mol. The summed E-state index contributed by atoms with van der Waals surface area (Å²) in [6.07, 6.45) is -3.63. The van der Waals surface area contributed by atoms with Crippen LogP contribution in [0.15, 0.2) is 24.4 Å². The van der Waals surface area contributed by atoms with Crippen molar-refractivity contribution in [1.82, 2.24) is 9.78 Å². The van der Waals surface area contributed by atoms with Gasteiger partial charge in [-0.2, -0.15) is 18.3 Å². The zero-order valence-corrected chi connectivity index (χ0v) is 10.1. The Kier molecular flexibility index (Phi) is 3.24. The number of aromatic carboxylic acids is 1. The molecule has 0 saturated carbocycles. The van der Waals surface area contributed by atoms with Gasteiger partial charge in [0.05, 0.1) is 11.3 Å². The molecule has 0 fully saturated rings. The van der Waals surface area contributed by atoms with Gasteiger partial charge in [-0.25, -0.2) is 9.18 Å². The van der Waals surface area contributed by atoms with Crippen LogP contribution >= 0.6 is 0 Å². The number of nitrogens with zero attached hydrogens (tertiary/aromatic N) is 2. The monoisotopic (exact) mass is 288 g/mol. The summed E-state index contributed by atoms with van der Waals surface area (Å²) in [5.74, 6) is -3.41. The second-order valence-electron chi connectivity index (χ2n) is 4.02. The van der Waals surface area contributed by atoms with Crippen LogP contribution in [0.25, 0.3) is 11.3 Å². The largest absolute Gasteiger partial charge is 0.478 e. The Balaban J connectivity index is 2.74. The molecule has 4 nitrogen and oxygen atoms in total. The zero-order valence-electron chi connectivity index (χ0n) is 10.1. The maximum atomic E-state index is 13.7. The molecule has 106 valence electrons. The van der Waals surface area contributed by atoms with E-state index in [0.29, 0.717) is 6.07 Å². The van der Waals surface area contributed by atoms with E-state index in [1.807, 2.05) is 0 Å². The Labute approximate surface area is 110 Å². The van der Waals surface area contributed by atoms with Gasteiger partial charge in [0.15, 0.2) is 0 Å². The Hall–Kier alpha value is -2.38. The highest BCUT2D eigenvalue weighted by Gasteiger charge is 2.37. The summed E-state index contributed by atoms with van der Waals surface area (Å²) in [7, 11) is 1.48. The number of hydrogen-bond acceptors (Lipinski definition) is 2. The van der Waals surface area contributed by atoms with Crippen molar-refractivity contribution in [1.29, 1.82) is 0 Å². The highest BCUT2D eigenvalue weighted by atomic mass is 19.4. The van der Waals surface area contributed by atoms with Crippen LogP contribution in [0, 0.1) is 5.82 Å². The minimum atomic E-state index is -4.97. The fraction of sp³-hybridized carbons (Fsp3) is 0.167. The van der Waals surface area contributed by atoms with Crippen molar-refractivity contribution in [2.24, 2.45) is 7.05 Å². The van der Waals surface area contributed by atoms with E-state index in [2.05, 4.69) is 5.10 Å². The van der Waals surface area contributed by atoms with Crippen LogP contribution in [0.3, 0.4) is 0 Å². The average Bonchev–Trinajstić information content (AvgIpc) is 2.72. The lowest BCUT2D eigenvalue weighted by Gasteiger charge is -2.13. The normalized spacial score (nSPS) is 11.7. The number of carboxylic acid groups (broad SMARTS) is 1. The number of alkyl halides is 3. The number of hydrogen-bond donors (Lipinski definition) is 1. The molecule has 1 aromatic heterocycles. The molecule has 1 aromatic carbocycles. The van der Waals surface area contributed by atoms with Crippen molar-refractivity contribution in [3.05, 3.63) is 41.3 Å². The third-order valence-corrected chi connectivity index (χ3v) is 2.73. The van der Waals surface area contributed by atoms with E-state index >= 15 is 0 Å². The van der Waals surface area contributed by atoms with Crippen LogP contribution in [0.2, 0.25) is 0 Å². The Bertz CT molecular complexity index is 677. The Morgan fingerprint density at radius 1 is 1.35 bits per heavy atom. The topological polar surface area (TPSA) is 55.1 Å². The van der Waals surface area contributed by atoms with Crippen LogP contribution in [0.4, 0.5) is 17.6 Å². The molecule has 20 heavy (non-hydrogen) atoms. The smallest absolute Gasteiger partial charge is 0.417 e. The SMILES string of the molecule is Cn1nccc1-c1cc(F)c(C(=O)O)c(C(F)(F)F)c1. The molecule has 0 aliphatic heterocycles. The lowest BCUT2D eigenvalue weighted by molar-refractivity contribution is -0.138. The third kappa shape index (κ3) is 2.36. The van der Waals surface area contributed by atoms with Crippen LogP contribution < -0.4 is 0 Å². The first-order valence-corrected chi connectivity index (χ1v) is 5.34. The van der Waals surface area contributed by atoms with Gasteiger partial charge >= 0.3 is 12.1 Å². The van der Waals surface area contributed by atoms with Crippen LogP contribution in [-0.4, -0.2) is 20.9 Å². The summed E-state index contributed by atoms with van der Waals surface area (Å²) >= 11 is 0. The van der Waals surface area contributed by atoms with Crippen molar-refractivity contribution in [2.45, 2.75) is 6.18 Å². The van der Waals surface area contributed by atoms with Crippen molar-refractivity contribution in [3.63, 3.8) is 0 Å². The maximum absolute atomic E-state index is 13.7. The summed E-state index contributed by atoms with van der Waals surface area (Å²) in [5.41, 5.74) is -2.77. The fourth-order valence-corrected chi connectivity index (χ4v) is 1.85. The van der Waals surface area contributed by atoms with E-state index in [0.717, 1.165) is 6.07 Å². The molecule has 0 aliphatic rings. The van der Waals surface area contributed by atoms with E-state index in [9.17, 15) is 22.4 Å². The molecule has 2 aromatic rings. The van der Waals surface area contributed by atoms with Gasteiger partial charge in [-0.15, -0.1) is 0 Å². The number of carbonyl (C=O) groups is 1. The molecule has 0 saturated heterocycles. The molecule has 0 radical (unpaired) electrons. The molecular formula is C12H8F4N2O2. The maximum Gasteiger partial charge on any atom is 0.417 e. The van der Waals surface area contributed by atoms with E-state index in [1.165, 1.54) is 24.0 Å². The van der Waals surface area contributed by atoms with Crippen molar-refractivity contribution in [2.75, 3.05) is 0 Å². The predicted octanol–water partition coefficient (Wildman–Crippen LogP) is 2.94. The lowest BCUT2D eigenvalue weighted by atomic mass is 10.0. The summed E-state index contributed by atoms with van der Waals surface area (Å²) in [4.78, 5) is 10.8. The second kappa shape index (κ2) is 4.62. The molecule has 0 amide bonds. The molecule has 1 heterocycles. The minimum absolute atomic E-state index is 0.0974. The van der Waals surface area contributed by atoms with E-state index in [-0.39, 0.29) is 11.3 Å². The van der Waals surface area contributed by atoms with Crippen molar-refractivity contribution < 1.29 is 27.5 Å². The summed E-state index contributed by atoms with van der Waals surface area (Å²) < 4.78 is 53.5. The molecule has 0 spiro atoms. The Morgan fingerprint density at radius 3 is 2.45 bits per heavy atom. The number of rotatable bonds is 2.